The summed E-state index contributed by atoms with van der Waals surface area (Å²) in [7, 11) is 0. The van der Waals surface area contributed by atoms with Crippen molar-refractivity contribution in [3.8, 4) is 0 Å². The average Bonchev–Trinajstić information content (AvgIpc) is 2.55. The molecule has 1 heterocycles. The van der Waals surface area contributed by atoms with Crippen LogP contribution in [0.25, 0.3) is 0 Å². The van der Waals surface area contributed by atoms with E-state index < -0.39 is 23.5 Å². The van der Waals surface area contributed by atoms with Gasteiger partial charge in [0.15, 0.2) is 17.4 Å². The van der Waals surface area contributed by atoms with Gasteiger partial charge in [-0.3, -0.25) is 4.79 Å². The molecule has 0 bridgehead atoms. The molecule has 0 saturated carbocycles. The standard InChI is InChI=1S/C21H23F2NO3/c1-5-27-20(26)17-11(2)24-15-9-21(3,4)10-16(25)19(15)18(17)12-6-7-13(22)14(23)8-12/h6-8,18,24H,5,9-10H2,1-4H3/t18-/m0/s1. The average molecular weight is 375 g/mol. The molecule has 1 aromatic carbocycles. The van der Waals surface area contributed by atoms with E-state index in [0.29, 0.717) is 29.7 Å². The molecule has 2 aliphatic rings. The molecule has 6 heteroatoms. The third-order valence-electron chi connectivity index (χ3n) is 5.01. The van der Waals surface area contributed by atoms with E-state index in [0.717, 1.165) is 17.8 Å². The number of dihydropyridines is 1. The highest BCUT2D eigenvalue weighted by Crippen LogP contribution is 2.46. The van der Waals surface area contributed by atoms with Crippen molar-refractivity contribution in [1.29, 1.82) is 0 Å². The van der Waals surface area contributed by atoms with Crippen LogP contribution in [0.2, 0.25) is 0 Å². The summed E-state index contributed by atoms with van der Waals surface area (Å²) in [4.78, 5) is 25.6. The Morgan fingerprint density at radius 2 is 1.96 bits per heavy atom. The number of hydrogen-bond acceptors (Lipinski definition) is 4. The lowest BCUT2D eigenvalue weighted by Crippen LogP contribution is -2.38. The molecule has 4 nitrogen and oxygen atoms in total. The highest BCUT2D eigenvalue weighted by Gasteiger charge is 2.43. The minimum atomic E-state index is -1.02. The maximum absolute atomic E-state index is 13.9. The van der Waals surface area contributed by atoms with Gasteiger partial charge in [-0.25, -0.2) is 13.6 Å². The molecule has 0 unspecified atom stereocenters. The largest absolute Gasteiger partial charge is 0.463 e. The Morgan fingerprint density at radius 1 is 1.26 bits per heavy atom. The molecular weight excluding hydrogens is 352 g/mol. The van der Waals surface area contributed by atoms with Crippen molar-refractivity contribution < 1.29 is 23.1 Å². The highest BCUT2D eigenvalue weighted by molar-refractivity contribution is 6.04. The highest BCUT2D eigenvalue weighted by atomic mass is 19.2. The van der Waals surface area contributed by atoms with Crippen LogP contribution in [-0.4, -0.2) is 18.4 Å². The first-order chi connectivity index (χ1) is 12.6. The van der Waals surface area contributed by atoms with Gasteiger partial charge in [0.1, 0.15) is 0 Å². The summed E-state index contributed by atoms with van der Waals surface area (Å²) in [5, 5.41) is 3.19. The van der Waals surface area contributed by atoms with Gasteiger partial charge in [0, 0.05) is 29.3 Å². The Hall–Kier alpha value is -2.50. The predicted molar refractivity (Wildman–Crippen MR) is 96.6 cm³/mol. The van der Waals surface area contributed by atoms with E-state index in [1.807, 2.05) is 13.8 Å². The molecule has 0 fully saturated rings. The number of ketones is 1. The summed E-state index contributed by atoms with van der Waals surface area (Å²) in [6.07, 6.45) is 0.949. The molecular formula is C21H23F2NO3. The van der Waals surface area contributed by atoms with Crippen LogP contribution in [-0.2, 0) is 14.3 Å². The molecule has 27 heavy (non-hydrogen) atoms. The van der Waals surface area contributed by atoms with Crippen molar-refractivity contribution >= 4 is 11.8 Å². The topological polar surface area (TPSA) is 55.4 Å². The number of rotatable bonds is 3. The van der Waals surface area contributed by atoms with E-state index in [1.54, 1.807) is 13.8 Å². The molecule has 144 valence electrons. The molecule has 0 saturated heterocycles. The fraction of sp³-hybridized carbons (Fsp3) is 0.429. The summed E-state index contributed by atoms with van der Waals surface area (Å²) < 4.78 is 32.6. The lowest BCUT2D eigenvalue weighted by Gasteiger charge is -2.39. The second-order valence-corrected chi connectivity index (χ2v) is 7.82. The quantitative estimate of drug-likeness (QED) is 0.807. The number of benzene rings is 1. The molecule has 1 atom stereocenters. The van der Waals surface area contributed by atoms with Crippen LogP contribution in [0.4, 0.5) is 8.78 Å². The predicted octanol–water partition coefficient (Wildman–Crippen LogP) is 4.13. The fourth-order valence-electron chi connectivity index (χ4n) is 3.94. The third-order valence-corrected chi connectivity index (χ3v) is 5.01. The zero-order valence-electron chi connectivity index (χ0n) is 15.9. The van der Waals surface area contributed by atoms with Crippen LogP contribution in [0.15, 0.2) is 40.7 Å². The maximum atomic E-state index is 13.9. The molecule has 3 rings (SSSR count). The Morgan fingerprint density at radius 3 is 2.59 bits per heavy atom. The van der Waals surface area contributed by atoms with Gasteiger partial charge in [-0.15, -0.1) is 0 Å². The smallest absolute Gasteiger partial charge is 0.336 e. The summed E-state index contributed by atoms with van der Waals surface area (Å²) >= 11 is 0. The van der Waals surface area contributed by atoms with Gasteiger partial charge in [-0.1, -0.05) is 19.9 Å². The van der Waals surface area contributed by atoms with Crippen molar-refractivity contribution in [3.05, 3.63) is 57.9 Å². The number of allylic oxidation sites excluding steroid dienone is 3. The third kappa shape index (κ3) is 3.53. The Bertz CT molecular complexity index is 883. The van der Waals surface area contributed by atoms with Crippen LogP contribution < -0.4 is 5.32 Å². The molecule has 1 N–H and O–H groups in total. The number of nitrogens with one attached hydrogen (secondary N) is 1. The van der Waals surface area contributed by atoms with Gasteiger partial charge in [-0.2, -0.15) is 0 Å². The fourth-order valence-corrected chi connectivity index (χ4v) is 3.94. The number of esters is 1. The lowest BCUT2D eigenvalue weighted by atomic mass is 9.68. The number of carbonyl (C=O) groups is 2. The SMILES string of the molecule is CCOC(=O)C1=C(C)NC2=C(C(=O)CC(C)(C)C2)[C@H]1c1ccc(F)c(F)c1. The molecule has 0 spiro atoms. The Balaban J connectivity index is 2.20. The van der Waals surface area contributed by atoms with Crippen molar-refractivity contribution in [1.82, 2.24) is 5.32 Å². The van der Waals surface area contributed by atoms with Crippen molar-refractivity contribution in [2.24, 2.45) is 5.41 Å². The minimum Gasteiger partial charge on any atom is -0.463 e. The second-order valence-electron chi connectivity index (χ2n) is 7.82. The zero-order valence-corrected chi connectivity index (χ0v) is 15.9. The van der Waals surface area contributed by atoms with E-state index in [4.69, 9.17) is 4.74 Å². The van der Waals surface area contributed by atoms with Crippen molar-refractivity contribution in [3.63, 3.8) is 0 Å². The first kappa shape index (κ1) is 19.3. The van der Waals surface area contributed by atoms with Gasteiger partial charge in [-0.05, 0) is 43.4 Å². The summed E-state index contributed by atoms with van der Waals surface area (Å²) in [5.74, 6) is -3.44. The van der Waals surface area contributed by atoms with E-state index >= 15 is 0 Å². The number of halogens is 2. The first-order valence-corrected chi connectivity index (χ1v) is 9.00. The van der Waals surface area contributed by atoms with Gasteiger partial charge < -0.3 is 10.1 Å². The molecule has 1 aliphatic heterocycles. The van der Waals surface area contributed by atoms with Crippen molar-refractivity contribution in [2.45, 2.75) is 46.5 Å². The molecule has 1 aliphatic carbocycles. The number of carbonyl (C=O) groups excluding carboxylic acids is 2. The van der Waals surface area contributed by atoms with Crippen LogP contribution in [0.3, 0.4) is 0 Å². The number of hydrogen-bond donors (Lipinski definition) is 1. The van der Waals surface area contributed by atoms with Crippen LogP contribution >= 0.6 is 0 Å². The zero-order chi connectivity index (χ0) is 19.9. The summed E-state index contributed by atoms with van der Waals surface area (Å²) in [6, 6.07) is 3.48. The van der Waals surface area contributed by atoms with Gasteiger partial charge >= 0.3 is 5.97 Å². The molecule has 0 radical (unpaired) electrons. The first-order valence-electron chi connectivity index (χ1n) is 9.00. The van der Waals surface area contributed by atoms with Gasteiger partial charge in [0.2, 0.25) is 0 Å². The van der Waals surface area contributed by atoms with E-state index in [9.17, 15) is 18.4 Å². The van der Waals surface area contributed by atoms with Crippen LogP contribution in [0.5, 0.6) is 0 Å². The van der Waals surface area contributed by atoms with E-state index in [-0.39, 0.29) is 23.4 Å². The summed E-state index contributed by atoms with van der Waals surface area (Å²) in [5.41, 5.74) is 2.13. The maximum Gasteiger partial charge on any atom is 0.336 e. The number of ether oxygens (including phenoxy) is 1. The number of Topliss-reactive ketones (excluding diaryl/α,β-unsaturated/α-hetero) is 1. The molecule has 0 amide bonds. The monoisotopic (exact) mass is 375 g/mol. The molecule has 0 aromatic heterocycles. The van der Waals surface area contributed by atoms with Crippen LogP contribution in [0.1, 0.15) is 52.0 Å². The summed E-state index contributed by atoms with van der Waals surface area (Å²) in [6.45, 7) is 7.60. The van der Waals surface area contributed by atoms with Gasteiger partial charge in [0.05, 0.1) is 12.2 Å². The van der Waals surface area contributed by atoms with Crippen molar-refractivity contribution in [2.75, 3.05) is 6.61 Å². The Labute approximate surface area is 157 Å². The second kappa shape index (κ2) is 6.91. The van der Waals surface area contributed by atoms with E-state index in [2.05, 4.69) is 5.32 Å². The van der Waals surface area contributed by atoms with E-state index in [1.165, 1.54) is 6.07 Å². The van der Waals surface area contributed by atoms with Gasteiger partial charge in [0.25, 0.3) is 0 Å². The Kier molecular flexibility index (Phi) is 4.93. The normalized spacial score (nSPS) is 21.7. The van der Waals surface area contributed by atoms with Crippen LogP contribution in [0, 0.1) is 17.0 Å². The minimum absolute atomic E-state index is 0.0993. The lowest BCUT2D eigenvalue weighted by molar-refractivity contribution is -0.138. The molecule has 1 aromatic rings.